The summed E-state index contributed by atoms with van der Waals surface area (Å²) in [5.74, 6) is -8.45. The molecule has 2 rings (SSSR count). The number of alkyl carbamates (subject to hydrolysis) is 1. The van der Waals surface area contributed by atoms with Crippen LogP contribution < -0.4 is 26.0 Å². The molecular weight excluding hydrogens is 1110 g/mol. The van der Waals surface area contributed by atoms with Crippen molar-refractivity contribution in [3.05, 3.63) is 65.7 Å². The van der Waals surface area contributed by atoms with Crippen LogP contribution in [-0.4, -0.2) is 181 Å². The summed E-state index contributed by atoms with van der Waals surface area (Å²) in [7, 11) is 7.06. The molecule has 9 atom stereocenters. The Morgan fingerprint density at radius 2 is 1.16 bits per heavy atom. The van der Waals surface area contributed by atoms with Gasteiger partial charge in [-0.05, 0) is 110 Å². The normalized spacial score (nSPS) is 14.7. The SMILES string of the molecule is CC[C@H](C)[C@H](OC(=O)[C@@H](C)[C@@H](CC)NC(=O)OC(C)(C)C)C(=O)NCC(=O)N(C)[C@@H](CC(C)C)C(=O)NCC(=O)N(C)[C@H](C(=O)N(C)[C@@H](Cc1ccc(OC)cc1)C(=O)NC(C)C(=O)C(C)(C)C(=O)N(C)[C@@H](C)C(=O)OCc1ccccc1)C(C)C. The molecule has 23 nitrogen and oxygen atoms in total. The van der Waals surface area contributed by atoms with Gasteiger partial charge in [-0.2, -0.15) is 0 Å². The molecule has 8 amide bonds. The molecule has 0 fully saturated rings. The molecule has 1 unspecified atom stereocenters. The van der Waals surface area contributed by atoms with Crippen molar-refractivity contribution in [2.24, 2.45) is 29.1 Å². The van der Waals surface area contributed by atoms with Crippen molar-refractivity contribution in [3.8, 4) is 5.75 Å². The fourth-order valence-corrected chi connectivity index (χ4v) is 9.38. The maximum absolute atomic E-state index is 14.8. The number of hydrogen-bond acceptors (Lipinski definition) is 15. The molecular formula is C63H98N8O15. The third kappa shape index (κ3) is 22.0. The molecule has 0 radical (unpaired) electrons. The number of carbonyl (C=O) groups excluding carboxylic acids is 11. The standard InChI is InChI=1S/C63H98N8O15/c1-21-39(7)52(85-58(79)40(8)46(22-2)67-61(82)86-62(11,12)13)56(77)65-34-49(72)69(17)47(32-37(3)4)54(75)64-35-50(73)71(19)51(38(5)6)57(78)70(18)48(33-43-28-30-45(83-20)31-29-43)55(76)66-41(9)53(74)63(14,15)60(81)68(16)42(10)59(80)84-36-44-26-24-23-25-27-44/h23-31,37-42,46-48,51-52H,21-22,32-36H2,1-20H3,(H,64,75)(H,65,77)(H,66,76)(H,67,82)/t39-,40-,41?,42-,46+,47-,48-,51-,52-/m0/s1. The highest BCUT2D eigenvalue weighted by atomic mass is 16.6. The summed E-state index contributed by atoms with van der Waals surface area (Å²) in [5.41, 5.74) is -1.16. The Bertz CT molecular complexity index is 2640. The van der Waals surface area contributed by atoms with E-state index < -0.39 is 149 Å². The van der Waals surface area contributed by atoms with Gasteiger partial charge < -0.3 is 59.8 Å². The van der Waals surface area contributed by atoms with E-state index in [1.165, 1.54) is 72.8 Å². The number of methoxy groups -OCH3 is 1. The summed E-state index contributed by atoms with van der Waals surface area (Å²) in [4.78, 5) is 156. The third-order valence-corrected chi connectivity index (χ3v) is 15.2. The Morgan fingerprint density at radius 1 is 0.605 bits per heavy atom. The van der Waals surface area contributed by atoms with Gasteiger partial charge >= 0.3 is 18.0 Å². The number of carbonyl (C=O) groups is 11. The van der Waals surface area contributed by atoms with Crippen molar-refractivity contribution in [1.29, 1.82) is 0 Å². The monoisotopic (exact) mass is 1210 g/mol. The number of hydrogen-bond donors (Lipinski definition) is 4. The fraction of sp³-hybridized carbons (Fsp3) is 0.635. The van der Waals surface area contributed by atoms with Gasteiger partial charge in [-0.3, -0.25) is 43.2 Å². The lowest BCUT2D eigenvalue weighted by Gasteiger charge is -2.37. The van der Waals surface area contributed by atoms with Crippen LogP contribution in [0.25, 0.3) is 0 Å². The molecule has 23 heteroatoms. The van der Waals surface area contributed by atoms with Crippen molar-refractivity contribution >= 4 is 65.2 Å². The molecule has 0 aromatic heterocycles. The lowest BCUT2D eigenvalue weighted by Crippen LogP contribution is -2.60. The summed E-state index contributed by atoms with van der Waals surface area (Å²) in [6.45, 7) is 23.6. The first-order chi connectivity index (χ1) is 39.9. The van der Waals surface area contributed by atoms with Crippen LogP contribution in [0.15, 0.2) is 54.6 Å². The number of benzene rings is 2. The van der Waals surface area contributed by atoms with Gasteiger partial charge in [0.1, 0.15) is 47.5 Å². The van der Waals surface area contributed by atoms with E-state index in [0.29, 0.717) is 24.2 Å². The average Bonchev–Trinajstić information content (AvgIpc) is 2.15. The van der Waals surface area contributed by atoms with E-state index in [2.05, 4.69) is 21.3 Å². The second-order valence-corrected chi connectivity index (χ2v) is 24.4. The molecule has 2 aromatic rings. The molecule has 0 bridgehead atoms. The molecule has 4 N–H and O–H groups in total. The van der Waals surface area contributed by atoms with Crippen LogP contribution in [-0.2, 0) is 75.2 Å². The molecule has 0 aliphatic heterocycles. The third-order valence-electron chi connectivity index (χ3n) is 15.2. The summed E-state index contributed by atoms with van der Waals surface area (Å²) < 4.78 is 21.8. The number of esters is 2. The maximum atomic E-state index is 14.8. The smallest absolute Gasteiger partial charge is 0.407 e. The van der Waals surface area contributed by atoms with Crippen LogP contribution in [0, 0.1) is 29.1 Å². The number of nitrogens with one attached hydrogen (secondary N) is 4. The van der Waals surface area contributed by atoms with Crippen LogP contribution in [0.4, 0.5) is 4.79 Å². The Hall–Kier alpha value is -7.59. The van der Waals surface area contributed by atoms with Gasteiger partial charge in [0.25, 0.3) is 5.91 Å². The highest BCUT2D eigenvalue weighted by molar-refractivity contribution is 6.09. The van der Waals surface area contributed by atoms with E-state index in [4.69, 9.17) is 18.9 Å². The summed E-state index contributed by atoms with van der Waals surface area (Å²) in [6, 6.07) is 9.20. The molecule has 0 aliphatic rings. The minimum atomic E-state index is -1.75. The van der Waals surface area contributed by atoms with Crippen LogP contribution in [0.1, 0.15) is 134 Å². The van der Waals surface area contributed by atoms with E-state index in [1.807, 2.05) is 19.9 Å². The molecule has 0 aliphatic carbocycles. The minimum absolute atomic E-state index is 0.0184. The van der Waals surface area contributed by atoms with Gasteiger partial charge in [-0.15, -0.1) is 0 Å². The first kappa shape index (κ1) is 74.5. The largest absolute Gasteiger partial charge is 0.497 e. The summed E-state index contributed by atoms with van der Waals surface area (Å²) in [5, 5.41) is 10.6. The van der Waals surface area contributed by atoms with E-state index in [1.54, 1.807) is 111 Å². The number of likely N-dealkylation sites (N-methyl/N-ethyl adjacent to an activating group) is 4. The van der Waals surface area contributed by atoms with E-state index in [0.717, 1.165) is 15.4 Å². The summed E-state index contributed by atoms with van der Waals surface area (Å²) >= 11 is 0. The highest BCUT2D eigenvalue weighted by Crippen LogP contribution is 2.25. The number of Topliss-reactive ketones (excluding diaryl/α,β-unsaturated/α-hetero) is 1. The number of rotatable bonds is 32. The van der Waals surface area contributed by atoms with Crippen molar-refractivity contribution in [2.45, 2.75) is 184 Å². The van der Waals surface area contributed by atoms with E-state index >= 15 is 0 Å². The molecule has 0 spiro atoms. The zero-order chi connectivity index (χ0) is 65.7. The van der Waals surface area contributed by atoms with E-state index in [9.17, 15) is 52.7 Å². The van der Waals surface area contributed by atoms with Gasteiger partial charge in [-0.1, -0.05) is 90.9 Å². The zero-order valence-corrected chi connectivity index (χ0v) is 54.4. The number of amides is 8. The Kier molecular flexibility index (Phi) is 29.4. The molecule has 0 saturated carbocycles. The first-order valence-electron chi connectivity index (χ1n) is 29.4. The first-order valence-corrected chi connectivity index (χ1v) is 29.4. The summed E-state index contributed by atoms with van der Waals surface area (Å²) in [6.07, 6.45) is -1.12. The number of ether oxygens (including phenoxy) is 4. The zero-order valence-electron chi connectivity index (χ0n) is 54.4. The van der Waals surface area contributed by atoms with Gasteiger partial charge in [0.15, 0.2) is 11.9 Å². The molecule has 480 valence electrons. The predicted molar refractivity (Wildman–Crippen MR) is 323 cm³/mol. The molecule has 0 heterocycles. The number of ketones is 1. The van der Waals surface area contributed by atoms with Crippen LogP contribution in [0.5, 0.6) is 5.75 Å². The topological polar surface area (TPSA) is 286 Å². The second-order valence-electron chi connectivity index (χ2n) is 24.4. The predicted octanol–water partition coefficient (Wildman–Crippen LogP) is 5.24. The molecule has 2 aromatic carbocycles. The quantitative estimate of drug-likeness (QED) is 0.0414. The lowest BCUT2D eigenvalue weighted by atomic mass is 9.82. The van der Waals surface area contributed by atoms with Crippen LogP contribution in [0.3, 0.4) is 0 Å². The molecule has 0 saturated heterocycles. The molecule has 86 heavy (non-hydrogen) atoms. The van der Waals surface area contributed by atoms with Gasteiger partial charge in [0.05, 0.1) is 32.2 Å². The van der Waals surface area contributed by atoms with Gasteiger partial charge in [0, 0.05) is 46.6 Å². The average molecular weight is 1210 g/mol. The van der Waals surface area contributed by atoms with Crippen LogP contribution >= 0.6 is 0 Å². The van der Waals surface area contributed by atoms with E-state index in [-0.39, 0.29) is 25.4 Å². The van der Waals surface area contributed by atoms with Gasteiger partial charge in [0.2, 0.25) is 35.4 Å². The number of nitrogens with zero attached hydrogens (tertiary/aromatic N) is 4. The second kappa shape index (κ2) is 33.9. The highest BCUT2D eigenvalue weighted by Gasteiger charge is 2.45. The van der Waals surface area contributed by atoms with Crippen molar-refractivity contribution in [2.75, 3.05) is 48.4 Å². The Labute approximate surface area is 509 Å². The van der Waals surface area contributed by atoms with Crippen LogP contribution in [0.2, 0.25) is 0 Å². The van der Waals surface area contributed by atoms with Crippen molar-refractivity contribution < 1.29 is 71.7 Å². The van der Waals surface area contributed by atoms with Crippen molar-refractivity contribution in [3.63, 3.8) is 0 Å². The Morgan fingerprint density at radius 3 is 1.67 bits per heavy atom. The fourth-order valence-electron chi connectivity index (χ4n) is 9.38. The van der Waals surface area contributed by atoms with Crippen molar-refractivity contribution in [1.82, 2.24) is 40.9 Å². The lowest BCUT2D eigenvalue weighted by molar-refractivity contribution is -0.163. The maximum Gasteiger partial charge on any atom is 0.407 e. The minimum Gasteiger partial charge on any atom is -0.497 e. The van der Waals surface area contributed by atoms with Gasteiger partial charge in [-0.25, -0.2) is 9.59 Å². The Balaban J connectivity index is 2.29.